The maximum atomic E-state index is 13.1. The van der Waals surface area contributed by atoms with Crippen LogP contribution < -0.4 is 9.64 Å². The highest BCUT2D eigenvalue weighted by atomic mass is 16.6. The average Bonchev–Trinajstić information content (AvgIpc) is 2.86. The van der Waals surface area contributed by atoms with Gasteiger partial charge in [0.15, 0.2) is 0 Å². The van der Waals surface area contributed by atoms with Gasteiger partial charge in [-0.25, -0.2) is 0 Å². The number of allylic oxidation sites excluding steroid dienone is 1. The first-order valence-electron chi connectivity index (χ1n) is 11.8. The van der Waals surface area contributed by atoms with Crippen molar-refractivity contribution in [3.63, 3.8) is 0 Å². The van der Waals surface area contributed by atoms with Crippen LogP contribution in [0.25, 0.3) is 0 Å². The first kappa shape index (κ1) is 23.1. The molecular formula is C27H33N3O3. The van der Waals surface area contributed by atoms with Gasteiger partial charge in [-0.1, -0.05) is 41.9 Å². The summed E-state index contributed by atoms with van der Waals surface area (Å²) in [6, 6.07) is 17.5. The molecule has 0 aromatic heterocycles. The zero-order chi connectivity index (χ0) is 23.0. The quantitative estimate of drug-likeness (QED) is 0.179. The van der Waals surface area contributed by atoms with Crippen LogP contribution in [-0.2, 0) is 9.63 Å². The number of methoxy groups -OCH3 is 1. The molecule has 1 amide bonds. The molecule has 0 spiro atoms. The lowest BCUT2D eigenvalue weighted by molar-refractivity contribution is -0.119. The molecule has 2 fully saturated rings. The summed E-state index contributed by atoms with van der Waals surface area (Å²) in [4.78, 5) is 23.0. The third kappa shape index (κ3) is 5.63. The van der Waals surface area contributed by atoms with Crippen molar-refractivity contribution in [2.45, 2.75) is 38.6 Å². The minimum atomic E-state index is -0.156. The van der Waals surface area contributed by atoms with E-state index < -0.39 is 0 Å². The number of rotatable bonds is 9. The molecule has 4 rings (SSSR count). The number of anilines is 1. The number of hydrogen-bond acceptors (Lipinski definition) is 5. The molecule has 1 unspecified atom stereocenters. The van der Waals surface area contributed by atoms with Gasteiger partial charge in [-0.05, 0) is 75.2 Å². The Kier molecular flexibility index (Phi) is 7.79. The van der Waals surface area contributed by atoms with Crippen molar-refractivity contribution in [1.29, 1.82) is 0 Å². The number of β-lactam (4-membered cyclic amide) rings is 1. The Morgan fingerprint density at radius 1 is 1.06 bits per heavy atom. The zero-order valence-electron chi connectivity index (χ0n) is 19.6. The van der Waals surface area contributed by atoms with Gasteiger partial charge in [0.2, 0.25) is 0 Å². The normalized spacial score (nSPS) is 20.6. The van der Waals surface area contributed by atoms with Crippen LogP contribution in [-0.4, -0.2) is 49.9 Å². The first-order chi connectivity index (χ1) is 16.2. The summed E-state index contributed by atoms with van der Waals surface area (Å²) in [5, 5.41) is 4.25. The van der Waals surface area contributed by atoms with Crippen molar-refractivity contribution in [3.05, 3.63) is 71.8 Å². The monoisotopic (exact) mass is 447 g/mol. The minimum Gasteiger partial charge on any atom is -0.497 e. The topological polar surface area (TPSA) is 54.4 Å². The van der Waals surface area contributed by atoms with Crippen molar-refractivity contribution in [2.75, 3.05) is 38.3 Å². The highest BCUT2D eigenvalue weighted by Gasteiger charge is 2.43. The molecule has 6 nitrogen and oxygen atoms in total. The van der Waals surface area contributed by atoms with Crippen LogP contribution in [0.15, 0.2) is 71.4 Å². The van der Waals surface area contributed by atoms with E-state index in [1.54, 1.807) is 7.11 Å². The summed E-state index contributed by atoms with van der Waals surface area (Å²) >= 11 is 0. The van der Waals surface area contributed by atoms with Crippen molar-refractivity contribution in [1.82, 2.24) is 4.90 Å². The number of nitrogens with zero attached hydrogens (tertiary/aromatic N) is 3. The van der Waals surface area contributed by atoms with Crippen LogP contribution in [0, 0.1) is 0 Å². The Morgan fingerprint density at radius 2 is 1.79 bits per heavy atom. The standard InChI is InChI=1S/C27H33N3O3/c1-21(28-33-19-9-18-29-16-7-4-8-17-29)20-25-26(22-10-5-3-6-11-22)30(27(25)31)23-12-14-24(32-2)15-13-23/h3,5-6,10-15,20,26H,4,7-9,16-19H2,1-2H3/b25-20+,28-21?. The van der Waals surface area contributed by atoms with E-state index in [9.17, 15) is 4.79 Å². The lowest BCUT2D eigenvalue weighted by Crippen LogP contribution is -2.49. The molecule has 0 N–H and O–H groups in total. The fourth-order valence-electron chi connectivity index (χ4n) is 4.49. The number of carbonyl (C=O) groups is 1. The third-order valence-electron chi connectivity index (χ3n) is 6.22. The van der Waals surface area contributed by atoms with E-state index in [2.05, 4.69) is 10.1 Å². The molecule has 2 aromatic carbocycles. The molecule has 1 atom stereocenters. The lowest BCUT2D eigenvalue weighted by atomic mass is 9.86. The third-order valence-corrected chi connectivity index (χ3v) is 6.22. The van der Waals surface area contributed by atoms with Crippen molar-refractivity contribution in [2.24, 2.45) is 5.16 Å². The molecule has 2 aliphatic rings. The fraction of sp³-hybridized carbons (Fsp3) is 0.407. The largest absolute Gasteiger partial charge is 0.497 e. The second-order valence-electron chi connectivity index (χ2n) is 8.61. The van der Waals surface area contributed by atoms with Gasteiger partial charge in [-0.2, -0.15) is 0 Å². The lowest BCUT2D eigenvalue weighted by Gasteiger charge is -2.43. The van der Waals surface area contributed by atoms with Gasteiger partial charge in [0.25, 0.3) is 5.91 Å². The Hall–Kier alpha value is -3.12. The molecule has 2 heterocycles. The highest BCUT2D eigenvalue weighted by Crippen LogP contribution is 2.43. The maximum Gasteiger partial charge on any atom is 0.257 e. The van der Waals surface area contributed by atoms with Gasteiger partial charge < -0.3 is 14.5 Å². The maximum absolute atomic E-state index is 13.1. The first-order valence-corrected chi connectivity index (χ1v) is 11.8. The molecule has 174 valence electrons. The molecule has 33 heavy (non-hydrogen) atoms. The Bertz CT molecular complexity index is 979. The van der Waals surface area contributed by atoms with E-state index in [0.717, 1.165) is 35.5 Å². The number of ether oxygens (including phenoxy) is 1. The SMILES string of the molecule is COc1ccc(N2C(=O)/C(=C/C(C)=NOCCCN3CCCCC3)C2c2ccccc2)cc1. The number of amides is 1. The molecule has 2 aliphatic heterocycles. The molecule has 2 saturated heterocycles. The van der Waals surface area contributed by atoms with Crippen molar-refractivity contribution in [3.8, 4) is 5.75 Å². The summed E-state index contributed by atoms with van der Waals surface area (Å²) in [6.45, 7) is 5.92. The van der Waals surface area contributed by atoms with Gasteiger partial charge in [-0.3, -0.25) is 9.69 Å². The predicted molar refractivity (Wildman–Crippen MR) is 132 cm³/mol. The van der Waals surface area contributed by atoms with E-state index in [-0.39, 0.29) is 11.9 Å². The molecule has 6 heteroatoms. The van der Waals surface area contributed by atoms with Crippen molar-refractivity contribution < 1.29 is 14.4 Å². The molecule has 0 saturated carbocycles. The molecule has 0 bridgehead atoms. The Labute approximate surface area is 196 Å². The van der Waals surface area contributed by atoms with Crippen LogP contribution in [0.1, 0.15) is 44.2 Å². The van der Waals surface area contributed by atoms with Crippen LogP contribution in [0.3, 0.4) is 0 Å². The fourth-order valence-corrected chi connectivity index (χ4v) is 4.49. The smallest absolute Gasteiger partial charge is 0.257 e. The van der Waals surface area contributed by atoms with Gasteiger partial charge in [0, 0.05) is 17.8 Å². The molecule has 0 radical (unpaired) electrons. The van der Waals surface area contributed by atoms with Gasteiger partial charge in [0.05, 0.1) is 18.9 Å². The van der Waals surface area contributed by atoms with Crippen LogP contribution in [0.5, 0.6) is 5.75 Å². The molecule has 0 aliphatic carbocycles. The Balaban J connectivity index is 1.42. The zero-order valence-corrected chi connectivity index (χ0v) is 19.6. The number of hydrogen-bond donors (Lipinski definition) is 0. The second kappa shape index (κ2) is 11.1. The van der Waals surface area contributed by atoms with E-state index >= 15 is 0 Å². The van der Waals surface area contributed by atoms with Crippen molar-refractivity contribution >= 4 is 17.3 Å². The second-order valence-corrected chi connectivity index (χ2v) is 8.61. The van der Waals surface area contributed by atoms with Gasteiger partial charge in [0.1, 0.15) is 12.4 Å². The summed E-state index contributed by atoms with van der Waals surface area (Å²) in [5.74, 6) is 0.743. The van der Waals surface area contributed by atoms with E-state index in [0.29, 0.717) is 12.3 Å². The number of benzene rings is 2. The van der Waals surface area contributed by atoms with Gasteiger partial charge >= 0.3 is 0 Å². The summed E-state index contributed by atoms with van der Waals surface area (Å²) in [5.41, 5.74) is 3.33. The number of likely N-dealkylation sites (tertiary alicyclic amines) is 1. The predicted octanol–water partition coefficient (Wildman–Crippen LogP) is 4.98. The minimum absolute atomic E-state index is 0.0198. The van der Waals surface area contributed by atoms with Crippen LogP contribution in [0.2, 0.25) is 0 Å². The highest BCUT2D eigenvalue weighted by molar-refractivity contribution is 6.18. The number of oxime groups is 1. The average molecular weight is 448 g/mol. The molecular weight excluding hydrogens is 414 g/mol. The summed E-state index contributed by atoms with van der Waals surface area (Å²) < 4.78 is 5.25. The summed E-state index contributed by atoms with van der Waals surface area (Å²) in [6.07, 6.45) is 6.77. The van der Waals surface area contributed by atoms with Crippen LogP contribution in [0.4, 0.5) is 5.69 Å². The number of piperidine rings is 1. The Morgan fingerprint density at radius 3 is 2.48 bits per heavy atom. The number of carbonyl (C=O) groups excluding carboxylic acids is 1. The van der Waals surface area contributed by atoms with Gasteiger partial charge in [-0.15, -0.1) is 0 Å². The molecule has 2 aromatic rings. The van der Waals surface area contributed by atoms with E-state index in [1.165, 1.54) is 32.4 Å². The van der Waals surface area contributed by atoms with Crippen LogP contribution >= 0.6 is 0 Å². The van der Waals surface area contributed by atoms with E-state index in [1.807, 2.05) is 72.5 Å². The van der Waals surface area contributed by atoms with E-state index in [4.69, 9.17) is 9.57 Å². The summed E-state index contributed by atoms with van der Waals surface area (Å²) in [7, 11) is 1.63.